The fraction of sp³-hybridized carbons (Fsp3) is 0.250. The molecule has 1 aliphatic heterocycles. The highest BCUT2D eigenvalue weighted by molar-refractivity contribution is 6.10. The molecule has 1 aromatic carbocycles. The summed E-state index contributed by atoms with van der Waals surface area (Å²) in [6.07, 6.45) is 10.1. The number of carbonyl (C=O) groups is 1. The molecule has 0 spiro atoms. The van der Waals surface area contributed by atoms with Gasteiger partial charge in [-0.25, -0.2) is 4.98 Å². The Hall–Kier alpha value is -3.78. The predicted octanol–water partition coefficient (Wildman–Crippen LogP) is 3.01. The molecule has 8 heteroatoms. The first-order chi connectivity index (χ1) is 15.7. The summed E-state index contributed by atoms with van der Waals surface area (Å²) in [6.45, 7) is 1.86. The number of amides is 1. The van der Waals surface area contributed by atoms with Crippen LogP contribution in [0, 0.1) is 0 Å². The molecule has 4 N–H and O–H groups in total. The predicted molar refractivity (Wildman–Crippen MR) is 127 cm³/mol. The minimum absolute atomic E-state index is 0.137. The molecule has 2 aromatic heterocycles. The van der Waals surface area contributed by atoms with E-state index in [1.807, 2.05) is 24.3 Å². The van der Waals surface area contributed by atoms with Crippen LogP contribution < -0.4 is 21.1 Å². The first kappa shape index (κ1) is 21.5. The molecule has 32 heavy (non-hydrogen) atoms. The van der Waals surface area contributed by atoms with Gasteiger partial charge in [-0.2, -0.15) is 0 Å². The van der Waals surface area contributed by atoms with E-state index >= 15 is 0 Å². The van der Waals surface area contributed by atoms with E-state index < -0.39 is 0 Å². The van der Waals surface area contributed by atoms with Crippen LogP contribution in [-0.4, -0.2) is 48.3 Å². The van der Waals surface area contributed by atoms with E-state index in [1.54, 1.807) is 31.7 Å². The second-order valence-electron chi connectivity index (χ2n) is 7.57. The molecule has 0 radical (unpaired) electrons. The topological polar surface area (TPSA) is 115 Å². The number of aromatic nitrogens is 2. The monoisotopic (exact) mass is 430 g/mol. The Labute approximate surface area is 186 Å². The highest BCUT2D eigenvalue weighted by Crippen LogP contribution is 2.23. The van der Waals surface area contributed by atoms with Crippen molar-refractivity contribution in [2.45, 2.75) is 18.9 Å². The number of anilines is 1. The third-order valence-corrected chi connectivity index (χ3v) is 5.31. The van der Waals surface area contributed by atoms with Crippen LogP contribution in [0.15, 0.2) is 60.1 Å². The lowest BCUT2D eigenvalue weighted by Crippen LogP contribution is -2.34. The van der Waals surface area contributed by atoms with Gasteiger partial charge in [0.2, 0.25) is 0 Å². The van der Waals surface area contributed by atoms with Gasteiger partial charge in [-0.3, -0.25) is 14.8 Å². The second-order valence-corrected chi connectivity index (χ2v) is 7.57. The molecule has 0 unspecified atom stereocenters. The quantitative estimate of drug-likeness (QED) is 0.518. The zero-order valence-electron chi connectivity index (χ0n) is 17.9. The van der Waals surface area contributed by atoms with Crippen LogP contribution in [0.5, 0.6) is 5.75 Å². The smallest absolute Gasteiger partial charge is 0.258 e. The van der Waals surface area contributed by atoms with Gasteiger partial charge in [0, 0.05) is 42.8 Å². The van der Waals surface area contributed by atoms with Gasteiger partial charge in [-0.1, -0.05) is 12.1 Å². The lowest BCUT2D eigenvalue weighted by molar-refractivity contribution is 0.102. The Kier molecular flexibility index (Phi) is 6.72. The average Bonchev–Trinajstić information content (AvgIpc) is 2.83. The van der Waals surface area contributed by atoms with Gasteiger partial charge in [0.15, 0.2) is 0 Å². The van der Waals surface area contributed by atoms with Crippen molar-refractivity contribution < 1.29 is 9.53 Å². The molecule has 3 heterocycles. The number of pyridine rings is 2. The van der Waals surface area contributed by atoms with Crippen LogP contribution in [0.2, 0.25) is 0 Å². The molecule has 0 atom stereocenters. The SMILES string of the molecule is CN=CC(=CN)c1ccc2cnc(NC(=O)c3cncc(OC4CCNCC4)c3)cc2c1. The van der Waals surface area contributed by atoms with Crippen LogP contribution in [0.25, 0.3) is 16.3 Å². The van der Waals surface area contributed by atoms with E-state index in [-0.39, 0.29) is 12.0 Å². The van der Waals surface area contributed by atoms with Crippen molar-refractivity contribution in [1.82, 2.24) is 15.3 Å². The third-order valence-electron chi connectivity index (χ3n) is 5.31. The number of nitrogens with two attached hydrogens (primary N) is 1. The highest BCUT2D eigenvalue weighted by atomic mass is 16.5. The summed E-state index contributed by atoms with van der Waals surface area (Å²) in [5, 5.41) is 8.04. The summed E-state index contributed by atoms with van der Waals surface area (Å²) < 4.78 is 6.00. The largest absolute Gasteiger partial charge is 0.489 e. The fourth-order valence-corrected chi connectivity index (χ4v) is 3.64. The third kappa shape index (κ3) is 5.09. The standard InChI is InChI=1S/C24H26N6O2/c1-26-12-20(11-25)16-2-3-17-14-29-23(10-18(17)8-16)30-24(31)19-9-22(15-28-13-19)32-21-4-6-27-7-5-21/h2-3,8-15,21,27H,4-7,25H2,1H3,(H,29,30,31). The minimum Gasteiger partial charge on any atom is -0.489 e. The first-order valence-corrected chi connectivity index (χ1v) is 10.5. The average molecular weight is 431 g/mol. The van der Waals surface area contributed by atoms with Gasteiger partial charge in [-0.05, 0) is 55.1 Å². The molecule has 0 bridgehead atoms. The number of benzene rings is 1. The van der Waals surface area contributed by atoms with Crippen LogP contribution in [0.4, 0.5) is 5.82 Å². The molecule has 1 fully saturated rings. The van der Waals surface area contributed by atoms with Crippen molar-refractivity contribution in [2.75, 3.05) is 25.5 Å². The van der Waals surface area contributed by atoms with Gasteiger partial charge in [0.05, 0.1) is 11.8 Å². The van der Waals surface area contributed by atoms with Gasteiger partial charge in [-0.15, -0.1) is 0 Å². The molecule has 164 valence electrons. The number of aliphatic imine (C=N–C) groups is 1. The van der Waals surface area contributed by atoms with Crippen molar-refractivity contribution in [3.63, 3.8) is 0 Å². The minimum atomic E-state index is -0.295. The fourth-order valence-electron chi connectivity index (χ4n) is 3.64. The maximum absolute atomic E-state index is 12.8. The summed E-state index contributed by atoms with van der Waals surface area (Å²) in [6, 6.07) is 9.45. The second kappa shape index (κ2) is 10.0. The number of hydrogen-bond acceptors (Lipinski definition) is 7. The number of nitrogens with zero attached hydrogens (tertiary/aromatic N) is 3. The van der Waals surface area contributed by atoms with Gasteiger partial charge < -0.3 is 21.1 Å². The Balaban J connectivity index is 1.51. The van der Waals surface area contributed by atoms with E-state index in [9.17, 15) is 4.79 Å². The molecule has 3 aromatic rings. The lowest BCUT2D eigenvalue weighted by Gasteiger charge is -2.23. The number of fused-ring (bicyclic) bond motifs is 1. The van der Waals surface area contributed by atoms with Crippen molar-refractivity contribution in [3.8, 4) is 5.75 Å². The zero-order valence-corrected chi connectivity index (χ0v) is 17.9. The number of allylic oxidation sites excluding steroid dienone is 1. The summed E-state index contributed by atoms with van der Waals surface area (Å²) in [4.78, 5) is 25.4. The van der Waals surface area contributed by atoms with Crippen molar-refractivity contribution in [2.24, 2.45) is 10.7 Å². The summed E-state index contributed by atoms with van der Waals surface area (Å²) in [5.74, 6) is 0.753. The van der Waals surface area contributed by atoms with E-state index in [0.29, 0.717) is 17.1 Å². The van der Waals surface area contributed by atoms with Crippen LogP contribution in [0.3, 0.4) is 0 Å². The number of ether oxygens (including phenoxy) is 1. The maximum atomic E-state index is 12.8. The number of hydrogen-bond donors (Lipinski definition) is 3. The number of piperidine rings is 1. The first-order valence-electron chi connectivity index (χ1n) is 10.5. The molecule has 1 amide bonds. The molecular weight excluding hydrogens is 404 g/mol. The summed E-state index contributed by atoms with van der Waals surface area (Å²) in [7, 11) is 1.70. The Morgan fingerprint density at radius 2 is 2.00 bits per heavy atom. The van der Waals surface area contributed by atoms with Crippen molar-refractivity contribution >= 4 is 34.3 Å². The molecule has 1 aliphatic rings. The number of rotatable bonds is 6. The Morgan fingerprint density at radius 3 is 2.78 bits per heavy atom. The van der Waals surface area contributed by atoms with Crippen LogP contribution in [-0.2, 0) is 0 Å². The molecule has 4 rings (SSSR count). The van der Waals surface area contributed by atoms with Crippen molar-refractivity contribution in [1.29, 1.82) is 0 Å². The normalized spacial score (nSPS) is 15.2. The van der Waals surface area contributed by atoms with Gasteiger partial charge in [0.25, 0.3) is 5.91 Å². The molecule has 0 aliphatic carbocycles. The van der Waals surface area contributed by atoms with Crippen molar-refractivity contribution in [3.05, 3.63) is 66.2 Å². The van der Waals surface area contributed by atoms with Crippen LogP contribution in [0.1, 0.15) is 28.8 Å². The maximum Gasteiger partial charge on any atom is 0.258 e. The van der Waals surface area contributed by atoms with E-state index in [2.05, 4.69) is 25.6 Å². The highest BCUT2D eigenvalue weighted by Gasteiger charge is 2.16. The van der Waals surface area contributed by atoms with E-state index in [4.69, 9.17) is 10.5 Å². The molecular formula is C24H26N6O2. The van der Waals surface area contributed by atoms with Gasteiger partial charge in [0.1, 0.15) is 17.7 Å². The van der Waals surface area contributed by atoms with Gasteiger partial charge >= 0.3 is 0 Å². The zero-order chi connectivity index (χ0) is 22.3. The lowest BCUT2D eigenvalue weighted by atomic mass is 10.0. The molecule has 0 saturated carbocycles. The Bertz CT molecular complexity index is 1170. The number of nitrogens with one attached hydrogen (secondary N) is 2. The molecule has 8 nitrogen and oxygen atoms in total. The van der Waals surface area contributed by atoms with E-state index in [0.717, 1.165) is 47.8 Å². The summed E-state index contributed by atoms with van der Waals surface area (Å²) >= 11 is 0. The molecule has 1 saturated heterocycles. The number of carbonyl (C=O) groups excluding carboxylic acids is 1. The van der Waals surface area contributed by atoms with E-state index in [1.165, 1.54) is 12.4 Å². The Morgan fingerprint density at radius 1 is 1.16 bits per heavy atom. The van der Waals surface area contributed by atoms with Crippen LogP contribution >= 0.6 is 0 Å². The summed E-state index contributed by atoms with van der Waals surface area (Å²) in [5.41, 5.74) is 7.89.